The Labute approximate surface area is 120 Å². The molecule has 92 valence electrons. The van der Waals surface area contributed by atoms with E-state index in [2.05, 4.69) is 22.6 Å². The average Bonchev–Trinajstić information content (AvgIpc) is 2.39. The summed E-state index contributed by atoms with van der Waals surface area (Å²) < 4.78 is 1.11. The Morgan fingerprint density at radius 2 is 1.61 bits per heavy atom. The second kappa shape index (κ2) is 5.39. The lowest BCUT2D eigenvalue weighted by atomic mass is 10.2. The maximum Gasteiger partial charge on any atom is 0.258 e. The van der Waals surface area contributed by atoms with E-state index in [0.29, 0.717) is 11.3 Å². The number of carbonyl (C=O) groups is 1. The highest BCUT2D eigenvalue weighted by molar-refractivity contribution is 14.1. The lowest BCUT2D eigenvalue weighted by molar-refractivity contribution is 0.0993. The molecule has 0 heterocycles. The predicted octanol–water partition coefficient (Wildman–Crippen LogP) is 3.15. The fourth-order valence-electron chi connectivity index (χ4n) is 1.60. The predicted molar refractivity (Wildman–Crippen MR) is 82.7 cm³/mol. The quantitative estimate of drug-likeness (QED) is 0.667. The van der Waals surface area contributed by atoms with E-state index < -0.39 is 0 Å². The van der Waals surface area contributed by atoms with E-state index in [1.165, 1.54) is 0 Å². The van der Waals surface area contributed by atoms with Gasteiger partial charge in [-0.05, 0) is 71.1 Å². The zero-order chi connectivity index (χ0) is 13.1. The van der Waals surface area contributed by atoms with Crippen molar-refractivity contribution >= 4 is 39.9 Å². The number of nitrogen functional groups attached to an aromatic ring is 1. The maximum atomic E-state index is 12.2. The van der Waals surface area contributed by atoms with Gasteiger partial charge in [-0.1, -0.05) is 0 Å². The van der Waals surface area contributed by atoms with Gasteiger partial charge in [0.25, 0.3) is 5.91 Å². The Morgan fingerprint density at radius 3 is 2.17 bits per heavy atom. The summed E-state index contributed by atoms with van der Waals surface area (Å²) in [7, 11) is 1.76. The molecular formula is C14H13IN2O. The van der Waals surface area contributed by atoms with Gasteiger partial charge >= 0.3 is 0 Å². The van der Waals surface area contributed by atoms with Crippen LogP contribution >= 0.6 is 22.6 Å². The van der Waals surface area contributed by atoms with E-state index >= 15 is 0 Å². The number of hydrogen-bond donors (Lipinski definition) is 1. The van der Waals surface area contributed by atoms with Crippen LogP contribution in [-0.2, 0) is 0 Å². The highest BCUT2D eigenvalue weighted by Gasteiger charge is 2.12. The average molecular weight is 352 g/mol. The third-order valence-corrected chi connectivity index (χ3v) is 3.40. The number of rotatable bonds is 2. The molecule has 0 unspecified atom stereocenters. The van der Waals surface area contributed by atoms with Crippen LogP contribution in [0.4, 0.5) is 11.4 Å². The molecule has 0 aliphatic heterocycles. The lowest BCUT2D eigenvalue weighted by Gasteiger charge is -2.17. The van der Waals surface area contributed by atoms with Gasteiger partial charge in [0, 0.05) is 27.6 Å². The molecule has 4 heteroatoms. The second-order valence-electron chi connectivity index (χ2n) is 3.96. The minimum absolute atomic E-state index is 0.0313. The zero-order valence-corrected chi connectivity index (χ0v) is 12.1. The molecule has 2 aromatic rings. The number of nitrogens with zero attached hydrogens (tertiary/aromatic N) is 1. The van der Waals surface area contributed by atoms with Gasteiger partial charge in [-0.2, -0.15) is 0 Å². The van der Waals surface area contributed by atoms with Crippen LogP contribution in [0.25, 0.3) is 0 Å². The normalized spacial score (nSPS) is 10.1. The van der Waals surface area contributed by atoms with E-state index in [4.69, 9.17) is 5.73 Å². The Kier molecular flexibility index (Phi) is 3.86. The summed E-state index contributed by atoms with van der Waals surface area (Å²) in [5.74, 6) is -0.0313. The monoisotopic (exact) mass is 352 g/mol. The Balaban J connectivity index is 2.23. The van der Waals surface area contributed by atoms with Gasteiger partial charge in [0.1, 0.15) is 0 Å². The smallest absolute Gasteiger partial charge is 0.258 e. The van der Waals surface area contributed by atoms with E-state index in [0.717, 1.165) is 9.26 Å². The minimum atomic E-state index is -0.0313. The lowest BCUT2D eigenvalue weighted by Crippen LogP contribution is -2.26. The molecule has 0 bridgehead atoms. The Morgan fingerprint density at radius 1 is 1.06 bits per heavy atom. The molecule has 2 N–H and O–H groups in total. The third-order valence-electron chi connectivity index (χ3n) is 2.68. The summed E-state index contributed by atoms with van der Waals surface area (Å²) in [6, 6.07) is 14.7. The fraction of sp³-hybridized carbons (Fsp3) is 0.0714. The molecule has 0 radical (unpaired) electrons. The number of nitrogens with two attached hydrogens (primary N) is 1. The summed E-state index contributed by atoms with van der Waals surface area (Å²) >= 11 is 2.21. The molecule has 0 fully saturated rings. The SMILES string of the molecule is CN(C(=O)c1ccc(I)cc1)c1ccc(N)cc1. The van der Waals surface area contributed by atoms with Crippen molar-refractivity contribution in [1.29, 1.82) is 0 Å². The first-order chi connectivity index (χ1) is 8.58. The van der Waals surface area contributed by atoms with Crippen LogP contribution in [-0.4, -0.2) is 13.0 Å². The molecule has 0 saturated carbocycles. The largest absolute Gasteiger partial charge is 0.399 e. The molecule has 0 aromatic heterocycles. The van der Waals surface area contributed by atoms with Gasteiger partial charge in [0.15, 0.2) is 0 Å². The highest BCUT2D eigenvalue weighted by atomic mass is 127. The van der Waals surface area contributed by atoms with Gasteiger partial charge in [-0.15, -0.1) is 0 Å². The summed E-state index contributed by atoms with van der Waals surface area (Å²) in [6.45, 7) is 0. The van der Waals surface area contributed by atoms with Gasteiger partial charge in [0.05, 0.1) is 0 Å². The number of amides is 1. The molecule has 18 heavy (non-hydrogen) atoms. The highest BCUT2D eigenvalue weighted by Crippen LogP contribution is 2.17. The molecule has 2 rings (SSSR count). The van der Waals surface area contributed by atoms with Crippen LogP contribution in [0, 0.1) is 3.57 Å². The van der Waals surface area contributed by atoms with Crippen molar-refractivity contribution in [3.63, 3.8) is 0 Å². The zero-order valence-electron chi connectivity index (χ0n) is 9.93. The molecule has 0 spiro atoms. The van der Waals surface area contributed by atoms with Crippen LogP contribution in [0.2, 0.25) is 0 Å². The van der Waals surface area contributed by atoms with Crippen molar-refractivity contribution in [2.45, 2.75) is 0 Å². The first-order valence-electron chi connectivity index (χ1n) is 5.47. The molecule has 0 atom stereocenters. The molecule has 0 saturated heterocycles. The number of benzene rings is 2. The van der Waals surface area contributed by atoms with E-state index in [-0.39, 0.29) is 5.91 Å². The fourth-order valence-corrected chi connectivity index (χ4v) is 1.96. The topological polar surface area (TPSA) is 46.3 Å². The number of carbonyl (C=O) groups excluding carboxylic acids is 1. The van der Waals surface area contributed by atoms with E-state index in [1.54, 1.807) is 24.1 Å². The number of anilines is 2. The third kappa shape index (κ3) is 2.81. The van der Waals surface area contributed by atoms with Gasteiger partial charge in [0.2, 0.25) is 0 Å². The minimum Gasteiger partial charge on any atom is -0.399 e. The van der Waals surface area contributed by atoms with Crippen LogP contribution in [0.1, 0.15) is 10.4 Å². The molecule has 0 aliphatic carbocycles. The number of hydrogen-bond acceptors (Lipinski definition) is 2. The summed E-state index contributed by atoms with van der Waals surface area (Å²) in [5, 5.41) is 0. The second-order valence-corrected chi connectivity index (χ2v) is 5.21. The Hall–Kier alpha value is -1.56. The summed E-state index contributed by atoms with van der Waals surface area (Å²) in [4.78, 5) is 13.8. The van der Waals surface area contributed by atoms with Gasteiger partial charge in [-0.25, -0.2) is 0 Å². The molecule has 1 amide bonds. The standard InChI is InChI=1S/C14H13IN2O/c1-17(13-8-6-12(16)7-9-13)14(18)10-2-4-11(15)5-3-10/h2-9H,16H2,1H3. The van der Waals surface area contributed by atoms with Crippen molar-refractivity contribution in [3.8, 4) is 0 Å². The summed E-state index contributed by atoms with van der Waals surface area (Å²) in [5.41, 5.74) is 7.82. The molecular weight excluding hydrogens is 339 g/mol. The van der Waals surface area contributed by atoms with Crippen LogP contribution in [0.15, 0.2) is 48.5 Å². The van der Waals surface area contributed by atoms with Crippen molar-refractivity contribution in [3.05, 3.63) is 57.7 Å². The van der Waals surface area contributed by atoms with Crippen molar-refractivity contribution in [1.82, 2.24) is 0 Å². The van der Waals surface area contributed by atoms with Crippen molar-refractivity contribution < 1.29 is 4.79 Å². The van der Waals surface area contributed by atoms with E-state index in [9.17, 15) is 4.79 Å². The number of halogens is 1. The van der Waals surface area contributed by atoms with Crippen LogP contribution in [0.3, 0.4) is 0 Å². The molecule has 0 aliphatic rings. The maximum absolute atomic E-state index is 12.2. The molecule has 3 nitrogen and oxygen atoms in total. The molecule has 2 aromatic carbocycles. The first-order valence-corrected chi connectivity index (χ1v) is 6.55. The van der Waals surface area contributed by atoms with Crippen LogP contribution in [0.5, 0.6) is 0 Å². The van der Waals surface area contributed by atoms with Gasteiger partial charge < -0.3 is 10.6 Å². The first kappa shape index (κ1) is 12.9. The Bertz CT molecular complexity index is 549. The summed E-state index contributed by atoms with van der Waals surface area (Å²) in [6.07, 6.45) is 0. The van der Waals surface area contributed by atoms with Gasteiger partial charge in [-0.3, -0.25) is 4.79 Å². The van der Waals surface area contributed by atoms with Crippen LogP contribution < -0.4 is 10.6 Å². The van der Waals surface area contributed by atoms with E-state index in [1.807, 2.05) is 36.4 Å². The van der Waals surface area contributed by atoms with Crippen molar-refractivity contribution in [2.75, 3.05) is 17.7 Å². The van der Waals surface area contributed by atoms with Crippen molar-refractivity contribution in [2.24, 2.45) is 0 Å².